The van der Waals surface area contributed by atoms with Gasteiger partial charge in [-0.2, -0.15) is 0 Å². The summed E-state index contributed by atoms with van der Waals surface area (Å²) in [4.78, 5) is 2.42. The van der Waals surface area contributed by atoms with Crippen LogP contribution in [0.4, 0.5) is 5.69 Å². The van der Waals surface area contributed by atoms with E-state index in [1.807, 2.05) is 12.1 Å². The van der Waals surface area contributed by atoms with Gasteiger partial charge in [0.1, 0.15) is 5.75 Å². The number of methoxy groups -OCH3 is 1. The second-order valence-electron chi connectivity index (χ2n) is 4.65. The monoisotopic (exact) mass is 232 g/mol. The topological polar surface area (TPSA) is 38.5 Å². The maximum Gasteiger partial charge on any atom is 0.121 e. The number of benzene rings is 1. The van der Waals surface area contributed by atoms with Crippen molar-refractivity contribution < 1.29 is 4.74 Å². The number of nitrogens with two attached hydrogens (primary N) is 1. The first-order valence-electron chi connectivity index (χ1n) is 5.99. The second-order valence-corrected chi connectivity index (χ2v) is 4.65. The van der Waals surface area contributed by atoms with Crippen LogP contribution in [-0.4, -0.2) is 25.1 Å². The summed E-state index contributed by atoms with van der Waals surface area (Å²) in [6, 6.07) is 5.93. The van der Waals surface area contributed by atoms with Gasteiger partial charge in [-0.25, -0.2) is 0 Å². The number of nitrogen functional groups attached to an aromatic ring is 1. The lowest BCUT2D eigenvalue weighted by Crippen LogP contribution is -2.27. The van der Waals surface area contributed by atoms with Crippen molar-refractivity contribution in [3.8, 4) is 5.75 Å². The highest BCUT2D eigenvalue weighted by Crippen LogP contribution is 2.21. The lowest BCUT2D eigenvalue weighted by molar-refractivity contribution is 0.285. The Hall–Kier alpha value is -1.48. The molecule has 92 valence electrons. The Morgan fingerprint density at radius 3 is 2.82 bits per heavy atom. The van der Waals surface area contributed by atoms with E-state index in [4.69, 9.17) is 10.5 Å². The molecule has 2 N–H and O–H groups in total. The van der Waals surface area contributed by atoms with E-state index in [0.717, 1.165) is 31.1 Å². The minimum Gasteiger partial charge on any atom is -0.497 e. The van der Waals surface area contributed by atoms with Crippen molar-refractivity contribution in [2.75, 3.05) is 25.9 Å². The summed E-state index contributed by atoms with van der Waals surface area (Å²) < 4.78 is 5.23. The van der Waals surface area contributed by atoms with Gasteiger partial charge >= 0.3 is 0 Å². The molecule has 0 atom stereocenters. The van der Waals surface area contributed by atoms with Crippen molar-refractivity contribution >= 4 is 5.69 Å². The van der Waals surface area contributed by atoms with Crippen LogP contribution in [0.3, 0.4) is 0 Å². The van der Waals surface area contributed by atoms with E-state index in [1.165, 1.54) is 17.6 Å². The summed E-state index contributed by atoms with van der Waals surface area (Å²) in [5, 5.41) is 0. The molecule has 1 aromatic rings. The standard InChI is InChI=1S/C14H20N2O/c1-11-3-5-16(6-4-11)10-12-7-13(15)9-14(8-12)17-2/h3,7-9H,4-6,10,15H2,1-2H3. The Balaban J connectivity index is 2.06. The number of ether oxygens (including phenoxy) is 1. The molecule has 1 aliphatic heterocycles. The maximum absolute atomic E-state index is 5.85. The summed E-state index contributed by atoms with van der Waals surface area (Å²) in [5.74, 6) is 0.837. The first-order chi connectivity index (χ1) is 8.17. The molecule has 0 radical (unpaired) electrons. The molecule has 1 heterocycles. The van der Waals surface area contributed by atoms with E-state index in [1.54, 1.807) is 7.11 Å². The highest BCUT2D eigenvalue weighted by molar-refractivity contribution is 5.47. The van der Waals surface area contributed by atoms with Gasteiger partial charge in [-0.3, -0.25) is 4.90 Å². The number of hydrogen-bond donors (Lipinski definition) is 1. The highest BCUT2D eigenvalue weighted by Gasteiger charge is 2.10. The quantitative estimate of drug-likeness (QED) is 0.642. The van der Waals surface area contributed by atoms with Crippen molar-refractivity contribution in [3.63, 3.8) is 0 Å². The highest BCUT2D eigenvalue weighted by atomic mass is 16.5. The molecular weight excluding hydrogens is 212 g/mol. The van der Waals surface area contributed by atoms with Crippen LogP contribution in [0.5, 0.6) is 5.75 Å². The van der Waals surface area contributed by atoms with Gasteiger partial charge in [0.05, 0.1) is 7.11 Å². The summed E-state index contributed by atoms with van der Waals surface area (Å²) in [7, 11) is 1.67. The van der Waals surface area contributed by atoms with Crippen LogP contribution in [0.2, 0.25) is 0 Å². The minimum absolute atomic E-state index is 0.767. The largest absolute Gasteiger partial charge is 0.497 e. The van der Waals surface area contributed by atoms with Crippen molar-refractivity contribution in [2.24, 2.45) is 0 Å². The Kier molecular flexibility index (Phi) is 3.69. The maximum atomic E-state index is 5.85. The van der Waals surface area contributed by atoms with Crippen LogP contribution >= 0.6 is 0 Å². The molecule has 1 aliphatic rings. The van der Waals surface area contributed by atoms with Gasteiger partial charge in [-0.05, 0) is 31.0 Å². The van der Waals surface area contributed by atoms with Crippen LogP contribution in [0.15, 0.2) is 29.8 Å². The van der Waals surface area contributed by atoms with Gasteiger partial charge in [-0.1, -0.05) is 11.6 Å². The van der Waals surface area contributed by atoms with Crippen molar-refractivity contribution in [3.05, 3.63) is 35.4 Å². The summed E-state index contributed by atoms with van der Waals surface area (Å²) in [6.45, 7) is 5.29. The predicted molar refractivity (Wildman–Crippen MR) is 71.1 cm³/mol. The first-order valence-corrected chi connectivity index (χ1v) is 5.99. The zero-order valence-electron chi connectivity index (χ0n) is 10.6. The fourth-order valence-electron chi connectivity index (χ4n) is 2.11. The Bertz CT molecular complexity index is 426. The molecule has 0 spiro atoms. The minimum atomic E-state index is 0.767. The van der Waals surface area contributed by atoms with E-state index >= 15 is 0 Å². The molecule has 0 aromatic heterocycles. The molecular formula is C14H20N2O. The molecule has 17 heavy (non-hydrogen) atoms. The molecule has 0 saturated heterocycles. The van der Waals surface area contributed by atoms with Crippen molar-refractivity contribution in [1.82, 2.24) is 4.90 Å². The molecule has 0 fully saturated rings. The molecule has 3 heteroatoms. The van der Waals surface area contributed by atoms with Crippen LogP contribution in [0.1, 0.15) is 18.9 Å². The fourth-order valence-corrected chi connectivity index (χ4v) is 2.11. The first kappa shape index (κ1) is 12.0. The SMILES string of the molecule is COc1cc(N)cc(CN2CC=C(C)CC2)c1. The zero-order valence-corrected chi connectivity index (χ0v) is 10.6. The second kappa shape index (κ2) is 5.23. The molecule has 0 saturated carbocycles. The van der Waals surface area contributed by atoms with E-state index in [0.29, 0.717) is 0 Å². The number of anilines is 1. The third-order valence-electron chi connectivity index (χ3n) is 3.15. The average molecular weight is 232 g/mol. The van der Waals surface area contributed by atoms with Crippen LogP contribution in [-0.2, 0) is 6.54 Å². The normalized spacial score (nSPS) is 16.7. The predicted octanol–water partition coefficient (Wildman–Crippen LogP) is 2.43. The summed E-state index contributed by atoms with van der Waals surface area (Å²) in [5.41, 5.74) is 9.33. The van der Waals surface area contributed by atoms with Gasteiger partial charge in [0.2, 0.25) is 0 Å². The van der Waals surface area contributed by atoms with Gasteiger partial charge in [0, 0.05) is 31.4 Å². The Labute approximate surface area is 103 Å². The fraction of sp³-hybridized carbons (Fsp3) is 0.429. The zero-order chi connectivity index (χ0) is 12.3. The smallest absolute Gasteiger partial charge is 0.121 e. The van der Waals surface area contributed by atoms with Gasteiger partial charge in [0.15, 0.2) is 0 Å². The van der Waals surface area contributed by atoms with E-state index in [9.17, 15) is 0 Å². The van der Waals surface area contributed by atoms with E-state index in [2.05, 4.69) is 24.0 Å². The number of hydrogen-bond acceptors (Lipinski definition) is 3. The van der Waals surface area contributed by atoms with E-state index < -0.39 is 0 Å². The van der Waals surface area contributed by atoms with Crippen molar-refractivity contribution in [1.29, 1.82) is 0 Å². The number of rotatable bonds is 3. The van der Waals surface area contributed by atoms with Gasteiger partial charge < -0.3 is 10.5 Å². The molecule has 3 nitrogen and oxygen atoms in total. The molecule has 0 amide bonds. The number of nitrogens with zero attached hydrogens (tertiary/aromatic N) is 1. The van der Waals surface area contributed by atoms with Gasteiger partial charge in [0.25, 0.3) is 0 Å². The van der Waals surface area contributed by atoms with Crippen LogP contribution in [0, 0.1) is 0 Å². The molecule has 0 unspecified atom stereocenters. The average Bonchev–Trinajstić information content (AvgIpc) is 2.31. The summed E-state index contributed by atoms with van der Waals surface area (Å²) >= 11 is 0. The third-order valence-corrected chi connectivity index (χ3v) is 3.15. The lowest BCUT2D eigenvalue weighted by atomic mass is 10.1. The van der Waals surface area contributed by atoms with Crippen LogP contribution < -0.4 is 10.5 Å². The summed E-state index contributed by atoms with van der Waals surface area (Å²) in [6.07, 6.45) is 3.46. The molecule has 2 rings (SSSR count). The van der Waals surface area contributed by atoms with Gasteiger partial charge in [-0.15, -0.1) is 0 Å². The third kappa shape index (κ3) is 3.24. The lowest BCUT2D eigenvalue weighted by Gasteiger charge is -2.25. The molecule has 1 aromatic carbocycles. The Morgan fingerprint density at radius 1 is 1.35 bits per heavy atom. The van der Waals surface area contributed by atoms with Crippen LogP contribution in [0.25, 0.3) is 0 Å². The Morgan fingerprint density at radius 2 is 2.18 bits per heavy atom. The van der Waals surface area contributed by atoms with Crippen molar-refractivity contribution in [2.45, 2.75) is 19.9 Å². The molecule has 0 aliphatic carbocycles. The van der Waals surface area contributed by atoms with E-state index in [-0.39, 0.29) is 0 Å². The molecule has 0 bridgehead atoms.